The van der Waals surface area contributed by atoms with Gasteiger partial charge in [-0.1, -0.05) is 6.07 Å². The number of piperazine rings is 1. The molecule has 0 spiro atoms. The van der Waals surface area contributed by atoms with E-state index in [2.05, 4.69) is 11.0 Å². The molecule has 27 heavy (non-hydrogen) atoms. The second kappa shape index (κ2) is 6.35. The number of aryl methyl sites for hydroxylation is 1. The number of hydrogen-bond donors (Lipinski definition) is 0. The fourth-order valence-corrected chi connectivity index (χ4v) is 3.82. The van der Waals surface area contributed by atoms with Gasteiger partial charge in [0, 0.05) is 51.9 Å². The molecule has 0 N–H and O–H groups in total. The van der Waals surface area contributed by atoms with Gasteiger partial charge in [-0.2, -0.15) is 0 Å². The van der Waals surface area contributed by atoms with Crippen LogP contribution in [0.1, 0.15) is 16.1 Å². The zero-order valence-electron chi connectivity index (χ0n) is 15.2. The zero-order valence-corrected chi connectivity index (χ0v) is 15.2. The van der Waals surface area contributed by atoms with E-state index in [1.165, 1.54) is 5.56 Å². The smallest absolute Gasteiger partial charge is 0.270 e. The molecule has 1 saturated heterocycles. The average molecular weight is 367 g/mol. The minimum atomic E-state index is 0.0617. The third kappa shape index (κ3) is 2.84. The second-order valence-corrected chi connectivity index (χ2v) is 7.01. The number of rotatable bonds is 3. The monoisotopic (exact) mass is 367 g/mol. The van der Waals surface area contributed by atoms with Gasteiger partial charge in [0.2, 0.25) is 6.79 Å². The van der Waals surface area contributed by atoms with Crippen LogP contribution in [0.3, 0.4) is 0 Å². The molecule has 1 aromatic carbocycles. The SMILES string of the molecule is Cn1c(C(=O)N2CCN(Cc3ccc4c(c3)OCO4)CC2)cc2occc21. The average Bonchev–Trinajstić information content (AvgIpc) is 3.39. The largest absolute Gasteiger partial charge is 0.463 e. The Balaban J connectivity index is 1.23. The lowest BCUT2D eigenvalue weighted by Gasteiger charge is -2.34. The van der Waals surface area contributed by atoms with Crippen molar-refractivity contribution in [3.63, 3.8) is 0 Å². The van der Waals surface area contributed by atoms with Crippen LogP contribution in [0.15, 0.2) is 41.0 Å². The summed E-state index contributed by atoms with van der Waals surface area (Å²) in [5.41, 5.74) is 3.57. The lowest BCUT2D eigenvalue weighted by atomic mass is 10.1. The molecule has 0 bridgehead atoms. The van der Waals surface area contributed by atoms with E-state index < -0.39 is 0 Å². The first-order chi connectivity index (χ1) is 13.2. The lowest BCUT2D eigenvalue weighted by Crippen LogP contribution is -2.48. The van der Waals surface area contributed by atoms with E-state index in [4.69, 9.17) is 13.9 Å². The molecule has 0 radical (unpaired) electrons. The number of furan rings is 1. The van der Waals surface area contributed by atoms with Crippen LogP contribution in [-0.2, 0) is 13.6 Å². The number of aromatic nitrogens is 1. The predicted molar refractivity (Wildman–Crippen MR) is 98.9 cm³/mol. The van der Waals surface area contributed by atoms with Gasteiger partial charge in [-0.3, -0.25) is 9.69 Å². The predicted octanol–water partition coefficient (Wildman–Crippen LogP) is 2.46. The van der Waals surface area contributed by atoms with Crippen molar-refractivity contribution >= 4 is 17.0 Å². The van der Waals surface area contributed by atoms with Gasteiger partial charge in [-0.15, -0.1) is 0 Å². The van der Waals surface area contributed by atoms with E-state index in [1.54, 1.807) is 6.26 Å². The summed E-state index contributed by atoms with van der Waals surface area (Å²) in [6.07, 6.45) is 1.65. The number of nitrogens with zero attached hydrogens (tertiary/aromatic N) is 3. The summed E-state index contributed by atoms with van der Waals surface area (Å²) >= 11 is 0. The molecule has 0 unspecified atom stereocenters. The van der Waals surface area contributed by atoms with E-state index in [-0.39, 0.29) is 5.91 Å². The maximum Gasteiger partial charge on any atom is 0.270 e. The third-order valence-corrected chi connectivity index (χ3v) is 5.39. The molecule has 0 atom stereocenters. The van der Waals surface area contributed by atoms with Gasteiger partial charge < -0.3 is 23.4 Å². The molecule has 2 aromatic heterocycles. The summed E-state index contributed by atoms with van der Waals surface area (Å²) < 4.78 is 18.1. The van der Waals surface area contributed by atoms with Crippen molar-refractivity contribution in [1.29, 1.82) is 0 Å². The van der Waals surface area contributed by atoms with E-state index in [0.29, 0.717) is 12.5 Å². The molecule has 7 heteroatoms. The molecule has 0 saturated carbocycles. The van der Waals surface area contributed by atoms with Crippen LogP contribution < -0.4 is 9.47 Å². The Labute approximate surface area is 156 Å². The molecule has 1 fully saturated rings. The number of benzene rings is 1. The molecular formula is C20H21N3O4. The summed E-state index contributed by atoms with van der Waals surface area (Å²) in [5, 5.41) is 0. The molecule has 4 heterocycles. The molecule has 1 amide bonds. The lowest BCUT2D eigenvalue weighted by molar-refractivity contribution is 0.0619. The summed E-state index contributed by atoms with van der Waals surface area (Å²) in [5.74, 6) is 1.68. The summed E-state index contributed by atoms with van der Waals surface area (Å²) in [6.45, 7) is 4.27. The normalized spacial score (nSPS) is 17.0. The number of hydrogen-bond acceptors (Lipinski definition) is 5. The van der Waals surface area contributed by atoms with E-state index in [1.807, 2.05) is 40.8 Å². The van der Waals surface area contributed by atoms with Gasteiger partial charge >= 0.3 is 0 Å². The Morgan fingerprint density at radius 3 is 2.67 bits per heavy atom. The van der Waals surface area contributed by atoms with E-state index in [0.717, 1.165) is 55.3 Å². The molecule has 140 valence electrons. The topological polar surface area (TPSA) is 60.1 Å². The first-order valence-electron chi connectivity index (χ1n) is 9.12. The first-order valence-corrected chi connectivity index (χ1v) is 9.12. The van der Waals surface area contributed by atoms with Gasteiger partial charge in [0.05, 0.1) is 11.8 Å². The highest BCUT2D eigenvalue weighted by molar-refractivity contribution is 5.97. The van der Waals surface area contributed by atoms with Crippen molar-refractivity contribution in [2.45, 2.75) is 6.54 Å². The van der Waals surface area contributed by atoms with Gasteiger partial charge in [0.25, 0.3) is 5.91 Å². The van der Waals surface area contributed by atoms with Crippen LogP contribution in [0.5, 0.6) is 11.5 Å². The number of amides is 1. The van der Waals surface area contributed by atoms with Gasteiger partial charge in [0.15, 0.2) is 17.1 Å². The highest BCUT2D eigenvalue weighted by Crippen LogP contribution is 2.33. The Hall–Kier alpha value is -2.93. The van der Waals surface area contributed by atoms with Crippen LogP contribution in [-0.4, -0.2) is 53.2 Å². The minimum absolute atomic E-state index is 0.0617. The van der Waals surface area contributed by atoms with Crippen molar-refractivity contribution in [3.8, 4) is 11.5 Å². The van der Waals surface area contributed by atoms with Gasteiger partial charge in [-0.25, -0.2) is 0 Å². The highest BCUT2D eigenvalue weighted by atomic mass is 16.7. The molecule has 7 nitrogen and oxygen atoms in total. The molecular weight excluding hydrogens is 346 g/mol. The van der Waals surface area contributed by atoms with Crippen molar-refractivity contribution in [1.82, 2.24) is 14.4 Å². The molecule has 2 aliphatic rings. The van der Waals surface area contributed by atoms with Crippen LogP contribution in [0.4, 0.5) is 0 Å². The summed E-state index contributed by atoms with van der Waals surface area (Å²) in [4.78, 5) is 17.2. The van der Waals surface area contributed by atoms with Crippen LogP contribution >= 0.6 is 0 Å². The fraction of sp³-hybridized carbons (Fsp3) is 0.350. The maximum atomic E-state index is 12.9. The van der Waals surface area contributed by atoms with Crippen molar-refractivity contribution in [3.05, 3.63) is 47.9 Å². The zero-order chi connectivity index (χ0) is 18.4. The molecule has 2 aliphatic heterocycles. The summed E-state index contributed by atoms with van der Waals surface area (Å²) in [7, 11) is 1.90. The van der Waals surface area contributed by atoms with Gasteiger partial charge in [-0.05, 0) is 17.7 Å². The quantitative estimate of drug-likeness (QED) is 0.712. The summed E-state index contributed by atoms with van der Waals surface area (Å²) in [6, 6.07) is 9.79. The fourth-order valence-electron chi connectivity index (χ4n) is 3.82. The van der Waals surface area contributed by atoms with Crippen LogP contribution in [0, 0.1) is 0 Å². The Bertz CT molecular complexity index is 998. The molecule has 5 rings (SSSR count). The Kier molecular flexibility index (Phi) is 3.82. The molecule has 0 aliphatic carbocycles. The van der Waals surface area contributed by atoms with E-state index >= 15 is 0 Å². The van der Waals surface area contributed by atoms with Gasteiger partial charge in [0.1, 0.15) is 5.69 Å². The van der Waals surface area contributed by atoms with Crippen LogP contribution in [0.2, 0.25) is 0 Å². The molecule has 3 aromatic rings. The minimum Gasteiger partial charge on any atom is -0.463 e. The van der Waals surface area contributed by atoms with Crippen molar-refractivity contribution in [2.75, 3.05) is 33.0 Å². The third-order valence-electron chi connectivity index (χ3n) is 5.39. The number of ether oxygens (including phenoxy) is 2. The van der Waals surface area contributed by atoms with E-state index in [9.17, 15) is 4.79 Å². The maximum absolute atomic E-state index is 12.9. The first kappa shape index (κ1) is 16.3. The second-order valence-electron chi connectivity index (χ2n) is 7.01. The highest BCUT2D eigenvalue weighted by Gasteiger charge is 2.25. The number of fused-ring (bicyclic) bond motifs is 2. The number of carbonyl (C=O) groups is 1. The number of carbonyl (C=O) groups excluding carboxylic acids is 1. The van der Waals surface area contributed by atoms with Crippen molar-refractivity contribution in [2.24, 2.45) is 7.05 Å². The van der Waals surface area contributed by atoms with Crippen LogP contribution in [0.25, 0.3) is 11.1 Å². The Morgan fingerprint density at radius 2 is 1.85 bits per heavy atom. The van der Waals surface area contributed by atoms with Crippen molar-refractivity contribution < 1.29 is 18.7 Å². The standard InChI is InChI=1S/C20H21N3O4/c1-21-15-4-9-25-18(15)11-16(21)20(24)23-7-5-22(6-8-23)12-14-2-3-17-19(10-14)27-13-26-17/h2-4,9-11H,5-8,12-13H2,1H3. The Morgan fingerprint density at radius 1 is 1.04 bits per heavy atom.